The molecule has 32 heavy (non-hydrogen) atoms. The molecule has 1 atom stereocenters. The van der Waals surface area contributed by atoms with E-state index in [1.54, 1.807) is 6.20 Å². The third kappa shape index (κ3) is 4.53. The maximum Gasteiger partial charge on any atom is 0.252 e. The van der Waals surface area contributed by atoms with E-state index < -0.39 is 0 Å². The third-order valence-electron chi connectivity index (χ3n) is 6.00. The number of carbonyl (C=O) groups is 1. The summed E-state index contributed by atoms with van der Waals surface area (Å²) in [6.45, 7) is 3.48. The molecule has 7 heteroatoms. The Hall–Kier alpha value is -3.58. The Morgan fingerprint density at radius 3 is 2.75 bits per heavy atom. The van der Waals surface area contributed by atoms with Crippen molar-refractivity contribution in [1.82, 2.24) is 29.8 Å². The number of nitrogens with zero attached hydrogens (tertiary/aromatic N) is 5. The van der Waals surface area contributed by atoms with Crippen LogP contribution in [0, 0.1) is 0 Å². The number of pyridine rings is 2. The van der Waals surface area contributed by atoms with Crippen molar-refractivity contribution in [2.45, 2.75) is 25.3 Å². The highest BCUT2D eigenvalue weighted by molar-refractivity contribution is 5.94. The number of fused-ring (bicyclic) bond motifs is 1. The first-order valence-corrected chi connectivity index (χ1v) is 11.0. The average molecular weight is 427 g/mol. The van der Waals surface area contributed by atoms with Gasteiger partial charge in [-0.1, -0.05) is 36.4 Å². The minimum Gasteiger partial charge on any atom is -0.352 e. The Bertz CT molecular complexity index is 1190. The molecular formula is C25H26N6O. The molecule has 3 aromatic heterocycles. The summed E-state index contributed by atoms with van der Waals surface area (Å²) >= 11 is 0. The second-order valence-corrected chi connectivity index (χ2v) is 8.28. The van der Waals surface area contributed by atoms with Crippen molar-refractivity contribution >= 4 is 11.6 Å². The third-order valence-corrected chi connectivity index (χ3v) is 6.00. The largest absolute Gasteiger partial charge is 0.352 e. The fraction of sp³-hybridized carbons (Fsp3) is 0.280. The second-order valence-electron chi connectivity index (χ2n) is 8.28. The Morgan fingerprint density at radius 1 is 1.03 bits per heavy atom. The van der Waals surface area contributed by atoms with E-state index in [0.717, 1.165) is 49.5 Å². The lowest BCUT2D eigenvalue weighted by Crippen LogP contribution is -2.26. The van der Waals surface area contributed by atoms with Crippen LogP contribution in [-0.4, -0.2) is 50.0 Å². The lowest BCUT2D eigenvalue weighted by atomic mass is 10.1. The molecule has 0 bridgehead atoms. The molecule has 1 aromatic carbocycles. The molecule has 0 radical (unpaired) electrons. The van der Waals surface area contributed by atoms with E-state index in [0.29, 0.717) is 18.0 Å². The number of likely N-dealkylation sites (tertiary alicyclic amines) is 1. The fourth-order valence-corrected chi connectivity index (χ4v) is 4.32. The molecule has 0 spiro atoms. The van der Waals surface area contributed by atoms with Crippen LogP contribution < -0.4 is 5.32 Å². The number of hydrogen-bond donors (Lipinski definition) is 1. The van der Waals surface area contributed by atoms with Crippen LogP contribution in [-0.2, 0) is 13.0 Å². The molecule has 1 aliphatic heterocycles. The first-order chi connectivity index (χ1) is 15.8. The molecule has 162 valence electrons. The van der Waals surface area contributed by atoms with Gasteiger partial charge in [-0.15, -0.1) is 10.2 Å². The van der Waals surface area contributed by atoms with Crippen molar-refractivity contribution in [2.24, 2.45) is 0 Å². The monoisotopic (exact) mass is 426 g/mol. The van der Waals surface area contributed by atoms with Crippen molar-refractivity contribution in [3.63, 3.8) is 0 Å². The lowest BCUT2D eigenvalue weighted by molar-refractivity contribution is 0.0953. The van der Waals surface area contributed by atoms with Crippen LogP contribution in [0.4, 0.5) is 0 Å². The van der Waals surface area contributed by atoms with E-state index in [1.807, 2.05) is 47.1 Å². The number of hydrogen-bond acceptors (Lipinski definition) is 5. The molecule has 0 saturated carbocycles. The topological polar surface area (TPSA) is 75.4 Å². The van der Waals surface area contributed by atoms with Gasteiger partial charge in [-0.05, 0) is 48.7 Å². The Morgan fingerprint density at radius 2 is 1.91 bits per heavy atom. The van der Waals surface area contributed by atoms with Gasteiger partial charge in [0.1, 0.15) is 5.82 Å². The summed E-state index contributed by atoms with van der Waals surface area (Å²) < 4.78 is 1.98. The van der Waals surface area contributed by atoms with Crippen molar-refractivity contribution in [1.29, 1.82) is 0 Å². The van der Waals surface area contributed by atoms with Crippen LogP contribution in [0.15, 0.2) is 73.2 Å². The molecule has 1 N–H and O–H groups in total. The standard InChI is InChI=1S/C25H26N6O/c32-25(27-13-10-19-7-4-12-26-15-19)22-8-9-23-28-29-24(31(23)18-22)21-11-14-30(17-21)16-20-5-2-1-3-6-20/h1-9,12,15,18,21H,10-11,13-14,16-17H2,(H,27,32). The summed E-state index contributed by atoms with van der Waals surface area (Å²) in [6, 6.07) is 18.1. The molecule has 1 saturated heterocycles. The zero-order valence-corrected chi connectivity index (χ0v) is 17.9. The van der Waals surface area contributed by atoms with Crippen LogP contribution in [0.2, 0.25) is 0 Å². The highest BCUT2D eigenvalue weighted by Gasteiger charge is 2.27. The first-order valence-electron chi connectivity index (χ1n) is 11.0. The Kier molecular flexibility index (Phi) is 5.89. The quantitative estimate of drug-likeness (QED) is 0.492. The van der Waals surface area contributed by atoms with Gasteiger partial charge in [0.2, 0.25) is 0 Å². The number of aromatic nitrogens is 4. The van der Waals surface area contributed by atoms with E-state index in [9.17, 15) is 4.79 Å². The summed E-state index contributed by atoms with van der Waals surface area (Å²) in [5, 5.41) is 11.8. The van der Waals surface area contributed by atoms with Crippen LogP contribution in [0.5, 0.6) is 0 Å². The molecule has 4 aromatic rings. The number of nitrogens with one attached hydrogen (secondary N) is 1. The molecule has 1 unspecified atom stereocenters. The summed E-state index contributed by atoms with van der Waals surface area (Å²) in [7, 11) is 0. The van der Waals surface area contributed by atoms with Crippen molar-refractivity contribution < 1.29 is 4.79 Å². The van der Waals surface area contributed by atoms with Crippen LogP contribution in [0.3, 0.4) is 0 Å². The van der Waals surface area contributed by atoms with E-state index in [4.69, 9.17) is 0 Å². The number of carbonyl (C=O) groups excluding carboxylic acids is 1. The Balaban J connectivity index is 1.25. The summed E-state index contributed by atoms with van der Waals surface area (Å²) in [5.74, 6) is 1.14. The zero-order chi connectivity index (χ0) is 21.8. The summed E-state index contributed by atoms with van der Waals surface area (Å²) in [6.07, 6.45) is 7.22. The van der Waals surface area contributed by atoms with E-state index in [2.05, 4.69) is 49.7 Å². The van der Waals surface area contributed by atoms with E-state index in [-0.39, 0.29) is 5.91 Å². The first kappa shape index (κ1) is 20.3. The molecule has 1 aliphatic rings. The second kappa shape index (κ2) is 9.28. The minimum atomic E-state index is -0.0902. The fourth-order valence-electron chi connectivity index (χ4n) is 4.32. The van der Waals surface area contributed by atoms with Crippen LogP contribution in [0.25, 0.3) is 5.65 Å². The number of rotatable bonds is 7. The molecule has 4 heterocycles. The van der Waals surface area contributed by atoms with Gasteiger partial charge in [0.25, 0.3) is 5.91 Å². The molecule has 0 aliphatic carbocycles. The summed E-state index contributed by atoms with van der Waals surface area (Å²) in [5.41, 5.74) is 3.81. The highest BCUT2D eigenvalue weighted by Crippen LogP contribution is 2.27. The van der Waals surface area contributed by atoms with Gasteiger partial charge >= 0.3 is 0 Å². The van der Waals surface area contributed by atoms with Crippen LogP contribution >= 0.6 is 0 Å². The van der Waals surface area contributed by atoms with Crippen LogP contribution in [0.1, 0.15) is 39.6 Å². The smallest absolute Gasteiger partial charge is 0.252 e. The Labute approximate surface area is 187 Å². The number of benzene rings is 1. The lowest BCUT2D eigenvalue weighted by Gasteiger charge is -2.15. The van der Waals surface area contributed by atoms with E-state index in [1.165, 1.54) is 5.56 Å². The molecule has 7 nitrogen and oxygen atoms in total. The number of amides is 1. The van der Waals surface area contributed by atoms with Crippen molar-refractivity contribution in [3.8, 4) is 0 Å². The predicted molar refractivity (Wildman–Crippen MR) is 122 cm³/mol. The maximum absolute atomic E-state index is 12.7. The van der Waals surface area contributed by atoms with Crippen molar-refractivity contribution in [3.05, 3.63) is 95.7 Å². The molecular weight excluding hydrogens is 400 g/mol. The van der Waals surface area contributed by atoms with Gasteiger partial charge in [-0.2, -0.15) is 0 Å². The van der Waals surface area contributed by atoms with Crippen molar-refractivity contribution in [2.75, 3.05) is 19.6 Å². The average Bonchev–Trinajstić information content (AvgIpc) is 3.46. The van der Waals surface area contributed by atoms with Gasteiger partial charge < -0.3 is 5.32 Å². The SMILES string of the molecule is O=C(NCCc1cccnc1)c1ccc2nnc(C3CCN(Cc4ccccc4)C3)n2c1. The van der Waals surface area contributed by atoms with Gasteiger partial charge in [0.05, 0.1) is 5.56 Å². The predicted octanol–water partition coefficient (Wildman–Crippen LogP) is 3.09. The summed E-state index contributed by atoms with van der Waals surface area (Å²) in [4.78, 5) is 19.3. The normalized spacial score (nSPS) is 16.4. The zero-order valence-electron chi connectivity index (χ0n) is 17.9. The minimum absolute atomic E-state index is 0.0902. The van der Waals surface area contributed by atoms with E-state index >= 15 is 0 Å². The van der Waals surface area contributed by atoms with Gasteiger partial charge in [-0.3, -0.25) is 19.1 Å². The molecule has 1 amide bonds. The molecule has 1 fully saturated rings. The highest BCUT2D eigenvalue weighted by atomic mass is 16.1. The molecule has 5 rings (SSSR count). The van der Waals surface area contributed by atoms with Gasteiger partial charge in [0.15, 0.2) is 5.65 Å². The van der Waals surface area contributed by atoms with Gasteiger partial charge in [-0.25, -0.2) is 0 Å². The maximum atomic E-state index is 12.7. The van der Waals surface area contributed by atoms with Gasteiger partial charge in [0, 0.05) is 44.1 Å².